The van der Waals surface area contributed by atoms with Crippen molar-refractivity contribution in [2.24, 2.45) is 11.5 Å². The lowest BCUT2D eigenvalue weighted by Crippen LogP contribution is -2.36. The van der Waals surface area contributed by atoms with Crippen molar-refractivity contribution in [2.45, 2.75) is 25.4 Å². The van der Waals surface area contributed by atoms with Crippen LogP contribution in [0, 0.1) is 11.6 Å². The third-order valence-electron chi connectivity index (χ3n) is 4.60. The minimum Gasteiger partial charge on any atom is -0.477 e. The zero-order valence-electron chi connectivity index (χ0n) is 15.9. The molecule has 0 saturated carbocycles. The summed E-state index contributed by atoms with van der Waals surface area (Å²) in [5.41, 5.74) is 11.6. The Labute approximate surface area is 171 Å². The lowest BCUT2D eigenvalue weighted by atomic mass is 10.1. The van der Waals surface area contributed by atoms with E-state index >= 15 is 0 Å². The van der Waals surface area contributed by atoms with Crippen LogP contribution in [0.5, 0.6) is 5.75 Å². The van der Waals surface area contributed by atoms with Crippen LogP contribution in [-0.4, -0.2) is 49.8 Å². The third kappa shape index (κ3) is 5.20. The molecule has 1 aliphatic rings. The molecule has 1 atom stereocenters. The number of aromatic nitrogens is 1. The van der Waals surface area contributed by atoms with Gasteiger partial charge in [-0.3, -0.25) is 4.79 Å². The lowest BCUT2D eigenvalue weighted by Gasteiger charge is -2.26. The summed E-state index contributed by atoms with van der Waals surface area (Å²) in [7, 11) is 0. The van der Waals surface area contributed by atoms with Gasteiger partial charge in [-0.25, -0.2) is 9.37 Å². The Kier molecular flexibility index (Phi) is 7.34. The molecule has 2 heterocycles. The minimum atomic E-state index is -1.17. The molecule has 1 saturated heterocycles. The topological polar surface area (TPSA) is 104 Å². The fourth-order valence-electron chi connectivity index (χ4n) is 3.01. The second-order valence-corrected chi connectivity index (χ2v) is 7.48. The van der Waals surface area contributed by atoms with Crippen molar-refractivity contribution in [3.05, 3.63) is 29.1 Å². The number of carbonyl (C=O) groups is 1. The SMILES string of the molecule is NCCCCC(Oc1c(-c2csc(N3CCOCC3)n2)ccc(F)c1F)C(N)=O. The predicted molar refractivity (Wildman–Crippen MR) is 107 cm³/mol. The van der Waals surface area contributed by atoms with Crippen LogP contribution in [0.15, 0.2) is 17.5 Å². The highest BCUT2D eigenvalue weighted by Crippen LogP contribution is 2.37. The van der Waals surface area contributed by atoms with Crippen molar-refractivity contribution in [1.29, 1.82) is 0 Å². The molecule has 1 aliphatic heterocycles. The average molecular weight is 426 g/mol. The van der Waals surface area contributed by atoms with Gasteiger partial charge in [0.25, 0.3) is 5.91 Å². The summed E-state index contributed by atoms with van der Waals surface area (Å²) in [5, 5.41) is 2.51. The number of anilines is 1. The number of benzene rings is 1. The molecule has 2 aromatic rings. The molecule has 1 aromatic heterocycles. The van der Waals surface area contributed by atoms with Gasteiger partial charge in [-0.15, -0.1) is 11.3 Å². The summed E-state index contributed by atoms with van der Waals surface area (Å²) >= 11 is 1.39. The van der Waals surface area contributed by atoms with E-state index < -0.39 is 23.6 Å². The van der Waals surface area contributed by atoms with Gasteiger partial charge in [0.1, 0.15) is 0 Å². The van der Waals surface area contributed by atoms with Crippen molar-refractivity contribution in [1.82, 2.24) is 4.98 Å². The number of halogens is 2. The number of hydrogen-bond acceptors (Lipinski definition) is 7. The number of morpholine rings is 1. The molecule has 0 spiro atoms. The van der Waals surface area contributed by atoms with Crippen molar-refractivity contribution >= 4 is 22.4 Å². The molecule has 4 N–H and O–H groups in total. The van der Waals surface area contributed by atoms with Crippen LogP contribution < -0.4 is 21.1 Å². The van der Waals surface area contributed by atoms with E-state index in [-0.39, 0.29) is 17.7 Å². The second kappa shape index (κ2) is 9.95. The Hall–Kier alpha value is -2.30. The first-order valence-electron chi connectivity index (χ1n) is 9.44. The van der Waals surface area contributed by atoms with Gasteiger partial charge in [-0.1, -0.05) is 0 Å². The number of carbonyl (C=O) groups excluding carboxylic acids is 1. The van der Waals surface area contributed by atoms with E-state index in [9.17, 15) is 13.6 Å². The second-order valence-electron chi connectivity index (χ2n) is 6.65. The maximum atomic E-state index is 14.6. The van der Waals surface area contributed by atoms with Crippen LogP contribution in [0.2, 0.25) is 0 Å². The van der Waals surface area contributed by atoms with Gasteiger partial charge in [-0.2, -0.15) is 4.39 Å². The Bertz CT molecular complexity index is 843. The average Bonchev–Trinajstić information content (AvgIpc) is 3.21. The molecule has 29 heavy (non-hydrogen) atoms. The van der Waals surface area contributed by atoms with Gasteiger partial charge < -0.3 is 25.8 Å². The number of amides is 1. The third-order valence-corrected chi connectivity index (χ3v) is 5.50. The Balaban J connectivity index is 1.88. The molecular weight excluding hydrogens is 402 g/mol. The number of ether oxygens (including phenoxy) is 2. The van der Waals surface area contributed by atoms with Crippen molar-refractivity contribution in [2.75, 3.05) is 37.7 Å². The zero-order valence-corrected chi connectivity index (χ0v) is 16.7. The Morgan fingerprint density at radius 1 is 1.31 bits per heavy atom. The summed E-state index contributed by atoms with van der Waals surface area (Å²) in [6.07, 6.45) is 0.418. The molecule has 3 rings (SSSR count). The van der Waals surface area contributed by atoms with Crippen molar-refractivity contribution in [3.63, 3.8) is 0 Å². The van der Waals surface area contributed by atoms with E-state index in [4.69, 9.17) is 20.9 Å². The number of rotatable bonds is 9. The van der Waals surface area contributed by atoms with E-state index in [1.54, 1.807) is 5.38 Å². The number of nitrogens with two attached hydrogens (primary N) is 2. The number of primary amides is 1. The molecule has 0 bridgehead atoms. The fraction of sp³-hybridized carbons (Fsp3) is 0.474. The van der Waals surface area contributed by atoms with E-state index in [0.717, 1.165) is 11.2 Å². The molecule has 10 heteroatoms. The van der Waals surface area contributed by atoms with E-state index in [1.807, 2.05) is 0 Å². The van der Waals surface area contributed by atoms with Crippen LogP contribution in [0.3, 0.4) is 0 Å². The van der Waals surface area contributed by atoms with Crippen LogP contribution in [0.1, 0.15) is 19.3 Å². The minimum absolute atomic E-state index is 0.262. The van der Waals surface area contributed by atoms with Gasteiger partial charge in [-0.05, 0) is 37.9 Å². The largest absolute Gasteiger partial charge is 0.477 e. The first-order valence-corrected chi connectivity index (χ1v) is 10.3. The van der Waals surface area contributed by atoms with Gasteiger partial charge in [0, 0.05) is 24.0 Å². The monoisotopic (exact) mass is 426 g/mol. The highest BCUT2D eigenvalue weighted by Gasteiger charge is 2.25. The fourth-order valence-corrected chi connectivity index (χ4v) is 3.89. The Morgan fingerprint density at radius 2 is 2.07 bits per heavy atom. The summed E-state index contributed by atoms with van der Waals surface area (Å²) in [5.74, 6) is -3.35. The highest BCUT2D eigenvalue weighted by molar-refractivity contribution is 7.14. The van der Waals surface area contributed by atoms with Gasteiger partial charge >= 0.3 is 0 Å². The number of hydrogen-bond donors (Lipinski definition) is 2. The molecule has 0 radical (unpaired) electrons. The normalized spacial score (nSPS) is 15.3. The van der Waals surface area contributed by atoms with Gasteiger partial charge in [0.05, 0.1) is 18.9 Å². The molecule has 0 aliphatic carbocycles. The molecule has 1 aromatic carbocycles. The predicted octanol–water partition coefficient (Wildman–Crippen LogP) is 2.29. The number of unbranched alkanes of at least 4 members (excludes halogenated alkanes) is 1. The smallest absolute Gasteiger partial charge is 0.258 e. The quantitative estimate of drug-likeness (QED) is 0.597. The molecule has 1 fully saturated rings. The Morgan fingerprint density at radius 3 is 2.76 bits per heavy atom. The van der Waals surface area contributed by atoms with Crippen molar-refractivity contribution in [3.8, 4) is 17.0 Å². The molecule has 7 nitrogen and oxygen atoms in total. The van der Waals surface area contributed by atoms with Crippen LogP contribution in [0.4, 0.5) is 13.9 Å². The zero-order chi connectivity index (χ0) is 20.8. The van der Waals surface area contributed by atoms with E-state index in [2.05, 4.69) is 9.88 Å². The maximum absolute atomic E-state index is 14.6. The lowest BCUT2D eigenvalue weighted by molar-refractivity contribution is -0.125. The maximum Gasteiger partial charge on any atom is 0.258 e. The number of thiazole rings is 1. The van der Waals surface area contributed by atoms with Crippen molar-refractivity contribution < 1.29 is 23.0 Å². The first-order chi connectivity index (χ1) is 14.0. The highest BCUT2D eigenvalue weighted by atomic mass is 32.1. The van der Waals surface area contributed by atoms with Crippen LogP contribution >= 0.6 is 11.3 Å². The molecule has 1 amide bonds. The first kappa shape index (κ1) is 21.4. The standard InChI is InChI=1S/C19H24F2N4O3S/c20-13-5-4-12(14-11-29-19(24-14)25-7-9-27-10-8-25)17(16(13)21)28-15(18(23)26)3-1-2-6-22/h4-5,11,15H,1-3,6-10,22H2,(H2,23,26). The summed E-state index contributed by atoms with van der Waals surface area (Å²) in [4.78, 5) is 18.4. The van der Waals surface area contributed by atoms with E-state index in [0.29, 0.717) is 51.4 Å². The summed E-state index contributed by atoms with van der Waals surface area (Å²) < 4.78 is 39.4. The molecule has 158 valence electrons. The van der Waals surface area contributed by atoms with Crippen LogP contribution in [0.25, 0.3) is 11.3 Å². The molecule has 1 unspecified atom stereocenters. The summed E-state index contributed by atoms with van der Waals surface area (Å²) in [6.45, 7) is 3.08. The summed E-state index contributed by atoms with van der Waals surface area (Å²) in [6, 6.07) is 2.41. The van der Waals surface area contributed by atoms with Gasteiger partial charge in [0.15, 0.2) is 22.8 Å². The molecular formula is C19H24F2N4O3S. The van der Waals surface area contributed by atoms with Crippen LogP contribution in [-0.2, 0) is 9.53 Å². The van der Waals surface area contributed by atoms with Gasteiger partial charge in [0.2, 0.25) is 5.82 Å². The number of nitrogens with zero attached hydrogens (tertiary/aromatic N) is 2. The van der Waals surface area contributed by atoms with E-state index in [1.165, 1.54) is 17.4 Å².